The monoisotopic (exact) mass is 424 g/mol. The standard InChI is InChI=1S/C15H18S.C10H14.2C2H6/c1-4-5-6-13(2)11-12-16-15-9-7-14(3)8-10-15;1-9-6-4-5-7-10(2,3)8-9;2*1-2/h4-12H,1-3H3;4-8H,1-3H3;2*1-2H3/b5-4-,12-11?,13-6-;;;. The summed E-state index contributed by atoms with van der Waals surface area (Å²) in [5.41, 5.74) is 4.14. The number of thioether (sulfide) groups is 1. The fraction of sp³-hybridized carbons (Fsp3) is 0.379. The molecule has 1 aliphatic carbocycles. The van der Waals surface area contributed by atoms with E-state index in [2.05, 4.69) is 113 Å². The summed E-state index contributed by atoms with van der Waals surface area (Å²) in [7, 11) is 0. The average Bonchev–Trinajstić information content (AvgIpc) is 2.90. The average molecular weight is 425 g/mol. The largest absolute Gasteiger partial charge is 0.0981 e. The Kier molecular flexibility index (Phi) is 19.1. The number of hydrogen-bond donors (Lipinski definition) is 0. The molecule has 1 aliphatic rings. The first-order valence-electron chi connectivity index (χ1n) is 11.1. The van der Waals surface area contributed by atoms with Crippen molar-refractivity contribution in [3.8, 4) is 0 Å². The molecule has 1 aromatic rings. The minimum absolute atomic E-state index is 0.230. The first-order valence-corrected chi connectivity index (χ1v) is 12.0. The van der Waals surface area contributed by atoms with Gasteiger partial charge in [0.25, 0.3) is 0 Å². The second-order valence-corrected chi connectivity index (χ2v) is 8.08. The lowest BCUT2D eigenvalue weighted by atomic mass is 9.92. The third kappa shape index (κ3) is 16.9. The van der Waals surface area contributed by atoms with Gasteiger partial charge in [-0.15, -0.1) is 0 Å². The Bertz CT molecular complexity index is 720. The van der Waals surface area contributed by atoms with Crippen molar-refractivity contribution < 1.29 is 0 Å². The summed E-state index contributed by atoms with van der Waals surface area (Å²) >= 11 is 1.75. The van der Waals surface area contributed by atoms with E-state index in [1.165, 1.54) is 21.6 Å². The molecule has 30 heavy (non-hydrogen) atoms. The molecular weight excluding hydrogens is 380 g/mol. The van der Waals surface area contributed by atoms with Crippen LogP contribution in [0.15, 0.2) is 100 Å². The van der Waals surface area contributed by atoms with Crippen LogP contribution >= 0.6 is 11.8 Å². The number of aryl methyl sites for hydroxylation is 1. The molecule has 0 aliphatic heterocycles. The Morgan fingerprint density at radius 1 is 0.933 bits per heavy atom. The van der Waals surface area contributed by atoms with Gasteiger partial charge < -0.3 is 0 Å². The van der Waals surface area contributed by atoms with Gasteiger partial charge in [-0.25, -0.2) is 0 Å². The molecule has 0 heterocycles. The zero-order chi connectivity index (χ0) is 23.4. The predicted octanol–water partition coefficient (Wildman–Crippen LogP) is 10.3. The van der Waals surface area contributed by atoms with E-state index in [-0.39, 0.29) is 5.41 Å². The summed E-state index contributed by atoms with van der Waals surface area (Å²) in [6.07, 6.45) is 19.1. The van der Waals surface area contributed by atoms with Crippen molar-refractivity contribution in [1.29, 1.82) is 0 Å². The van der Waals surface area contributed by atoms with Crippen LogP contribution in [0, 0.1) is 12.3 Å². The maximum absolute atomic E-state index is 2.27. The lowest BCUT2D eigenvalue weighted by molar-refractivity contribution is 0.623. The minimum Gasteiger partial charge on any atom is -0.0981 e. The van der Waals surface area contributed by atoms with E-state index in [9.17, 15) is 0 Å². The Morgan fingerprint density at radius 3 is 2.10 bits per heavy atom. The Hall–Kier alpha value is -1.99. The van der Waals surface area contributed by atoms with Gasteiger partial charge >= 0.3 is 0 Å². The van der Waals surface area contributed by atoms with Crippen LogP contribution in [0.25, 0.3) is 0 Å². The van der Waals surface area contributed by atoms with Gasteiger partial charge in [0.2, 0.25) is 0 Å². The molecule has 0 saturated carbocycles. The summed E-state index contributed by atoms with van der Waals surface area (Å²) in [4.78, 5) is 1.28. The summed E-state index contributed by atoms with van der Waals surface area (Å²) < 4.78 is 0. The van der Waals surface area contributed by atoms with Gasteiger partial charge in [0, 0.05) is 10.3 Å². The van der Waals surface area contributed by atoms with Gasteiger partial charge in [0.05, 0.1) is 0 Å². The lowest BCUT2D eigenvalue weighted by Crippen LogP contribution is -2.01. The van der Waals surface area contributed by atoms with Crippen molar-refractivity contribution in [1.82, 2.24) is 0 Å². The SMILES string of the molecule is C/C=C\C=C(\C)C=CSc1ccc(C)cc1.CC.CC.CC1=CC(C)(C)C=CC=C1. The molecule has 166 valence electrons. The zero-order valence-corrected chi connectivity index (χ0v) is 21.8. The van der Waals surface area contributed by atoms with Crippen LogP contribution in [0.3, 0.4) is 0 Å². The quantitative estimate of drug-likeness (QED) is 0.342. The van der Waals surface area contributed by atoms with Crippen LogP contribution < -0.4 is 0 Å². The van der Waals surface area contributed by atoms with Gasteiger partial charge in [0.15, 0.2) is 0 Å². The molecule has 0 bridgehead atoms. The molecular formula is C29H44S. The lowest BCUT2D eigenvalue weighted by Gasteiger charge is -2.13. The van der Waals surface area contributed by atoms with E-state index in [0.29, 0.717) is 0 Å². The van der Waals surface area contributed by atoms with E-state index in [1.807, 2.05) is 40.7 Å². The van der Waals surface area contributed by atoms with Gasteiger partial charge in [-0.3, -0.25) is 0 Å². The first-order chi connectivity index (χ1) is 14.3. The highest BCUT2D eigenvalue weighted by atomic mass is 32.2. The van der Waals surface area contributed by atoms with E-state index in [4.69, 9.17) is 0 Å². The van der Waals surface area contributed by atoms with Gasteiger partial charge in [-0.05, 0) is 45.2 Å². The van der Waals surface area contributed by atoms with Crippen LogP contribution in [-0.4, -0.2) is 0 Å². The summed E-state index contributed by atoms with van der Waals surface area (Å²) in [6.45, 7) is 20.8. The molecule has 0 spiro atoms. The third-order valence-corrected chi connectivity index (χ3v) is 4.52. The second-order valence-electron chi connectivity index (χ2n) is 7.10. The molecule has 0 N–H and O–H groups in total. The molecule has 0 atom stereocenters. The first kappa shape index (κ1) is 30.2. The third-order valence-electron chi connectivity index (χ3n) is 3.70. The van der Waals surface area contributed by atoms with Crippen molar-refractivity contribution in [3.05, 3.63) is 101 Å². The molecule has 0 saturated heterocycles. The van der Waals surface area contributed by atoms with Gasteiger partial charge in [-0.1, -0.05) is 137 Å². The number of benzene rings is 1. The van der Waals surface area contributed by atoms with Gasteiger partial charge in [-0.2, -0.15) is 0 Å². The fourth-order valence-electron chi connectivity index (χ4n) is 2.33. The molecule has 0 fully saturated rings. The Labute approximate surface area is 192 Å². The van der Waals surface area contributed by atoms with E-state index in [0.717, 1.165) is 0 Å². The summed E-state index contributed by atoms with van der Waals surface area (Å²) in [5.74, 6) is 0. The highest BCUT2D eigenvalue weighted by molar-refractivity contribution is 8.02. The predicted molar refractivity (Wildman–Crippen MR) is 143 cm³/mol. The molecule has 1 heteroatoms. The molecule has 0 radical (unpaired) electrons. The second kappa shape index (κ2) is 19.0. The van der Waals surface area contributed by atoms with Gasteiger partial charge in [0.1, 0.15) is 0 Å². The number of hydrogen-bond acceptors (Lipinski definition) is 1. The normalized spacial score (nSPS) is 14.6. The van der Waals surface area contributed by atoms with E-state index < -0.39 is 0 Å². The smallest absolute Gasteiger partial charge is 0.0116 e. The summed E-state index contributed by atoms with van der Waals surface area (Å²) in [6, 6.07) is 8.57. The zero-order valence-electron chi connectivity index (χ0n) is 21.0. The van der Waals surface area contributed by atoms with E-state index >= 15 is 0 Å². The fourth-order valence-corrected chi connectivity index (χ4v) is 3.07. The maximum Gasteiger partial charge on any atom is 0.0116 e. The van der Waals surface area contributed by atoms with Crippen LogP contribution in [-0.2, 0) is 0 Å². The summed E-state index contributed by atoms with van der Waals surface area (Å²) in [5, 5.41) is 2.12. The number of allylic oxidation sites excluding steroid dienone is 11. The van der Waals surface area contributed by atoms with Crippen LogP contribution in [0.5, 0.6) is 0 Å². The maximum atomic E-state index is 2.27. The molecule has 2 rings (SSSR count). The molecule has 0 nitrogen and oxygen atoms in total. The number of rotatable bonds is 4. The van der Waals surface area contributed by atoms with Crippen molar-refractivity contribution in [2.75, 3.05) is 0 Å². The van der Waals surface area contributed by atoms with Crippen molar-refractivity contribution in [2.24, 2.45) is 5.41 Å². The topological polar surface area (TPSA) is 0 Å². The highest BCUT2D eigenvalue weighted by Crippen LogP contribution is 2.23. The van der Waals surface area contributed by atoms with Crippen molar-refractivity contribution in [3.63, 3.8) is 0 Å². The Balaban J connectivity index is 0. The molecule has 0 amide bonds. The van der Waals surface area contributed by atoms with Crippen molar-refractivity contribution >= 4 is 11.8 Å². The molecule has 0 unspecified atom stereocenters. The minimum atomic E-state index is 0.230. The van der Waals surface area contributed by atoms with Crippen LogP contribution in [0.1, 0.15) is 67.9 Å². The van der Waals surface area contributed by atoms with Crippen molar-refractivity contribution in [2.45, 2.75) is 74.1 Å². The van der Waals surface area contributed by atoms with Crippen LogP contribution in [0.4, 0.5) is 0 Å². The Morgan fingerprint density at radius 2 is 1.53 bits per heavy atom. The molecule has 0 aromatic heterocycles. The van der Waals surface area contributed by atoms with E-state index in [1.54, 1.807) is 11.8 Å². The van der Waals surface area contributed by atoms with Crippen LogP contribution in [0.2, 0.25) is 0 Å². The molecule has 1 aromatic carbocycles. The highest BCUT2D eigenvalue weighted by Gasteiger charge is 2.09.